The zero-order valence-electron chi connectivity index (χ0n) is 9.00. The van der Waals surface area contributed by atoms with E-state index in [0.29, 0.717) is 5.92 Å². The van der Waals surface area contributed by atoms with Gasteiger partial charge in [-0.3, -0.25) is 5.10 Å². The lowest BCUT2D eigenvalue weighted by molar-refractivity contribution is 0.935. The van der Waals surface area contributed by atoms with Gasteiger partial charge >= 0.3 is 0 Å². The minimum Gasteiger partial charge on any atom is -0.262 e. The van der Waals surface area contributed by atoms with E-state index in [2.05, 4.69) is 44.1 Å². The van der Waals surface area contributed by atoms with E-state index < -0.39 is 0 Å². The minimum atomic E-state index is 0.619. The molecule has 16 heavy (non-hydrogen) atoms. The van der Waals surface area contributed by atoms with Crippen molar-refractivity contribution in [3.05, 3.63) is 34.1 Å². The van der Waals surface area contributed by atoms with Gasteiger partial charge in [-0.05, 0) is 31.4 Å². The van der Waals surface area contributed by atoms with Crippen molar-refractivity contribution in [3.8, 4) is 11.4 Å². The van der Waals surface area contributed by atoms with Crippen LogP contribution in [0.2, 0.25) is 0 Å². The first-order chi connectivity index (χ1) is 7.75. The molecule has 1 aromatic carbocycles. The summed E-state index contributed by atoms with van der Waals surface area (Å²) in [5, 5.41) is 7.33. The van der Waals surface area contributed by atoms with E-state index in [9.17, 15) is 0 Å². The molecule has 82 valence electrons. The Hall–Kier alpha value is -1.16. The number of nitrogens with zero attached hydrogens (tertiary/aromatic N) is 2. The summed E-state index contributed by atoms with van der Waals surface area (Å²) in [4.78, 5) is 4.56. The van der Waals surface area contributed by atoms with Crippen molar-refractivity contribution in [1.82, 2.24) is 15.2 Å². The maximum atomic E-state index is 4.56. The number of nitrogens with one attached hydrogen (secondary N) is 1. The molecule has 1 saturated carbocycles. The average molecular weight is 278 g/mol. The van der Waals surface area contributed by atoms with Gasteiger partial charge in [-0.25, -0.2) is 4.98 Å². The van der Waals surface area contributed by atoms with Crippen LogP contribution < -0.4 is 0 Å². The third-order valence-electron chi connectivity index (χ3n) is 2.98. The van der Waals surface area contributed by atoms with Crippen molar-refractivity contribution in [1.29, 1.82) is 0 Å². The van der Waals surface area contributed by atoms with Gasteiger partial charge in [-0.2, -0.15) is 5.10 Å². The smallest absolute Gasteiger partial charge is 0.181 e. The monoisotopic (exact) mass is 277 g/mol. The van der Waals surface area contributed by atoms with Gasteiger partial charge in [0.1, 0.15) is 5.82 Å². The Balaban J connectivity index is 2.03. The predicted octanol–water partition coefficient (Wildman–Crippen LogP) is 3.42. The Labute approximate surface area is 102 Å². The SMILES string of the molecule is Cc1c(Br)cccc1-c1n[nH]c(C2CC2)n1. The molecule has 0 amide bonds. The van der Waals surface area contributed by atoms with Gasteiger partial charge in [-0.15, -0.1) is 0 Å². The molecule has 0 saturated heterocycles. The van der Waals surface area contributed by atoms with Crippen LogP contribution in [-0.2, 0) is 0 Å². The van der Waals surface area contributed by atoms with E-state index in [0.717, 1.165) is 21.7 Å². The van der Waals surface area contributed by atoms with E-state index in [1.165, 1.54) is 18.4 Å². The molecule has 0 bridgehead atoms. The first-order valence-electron chi connectivity index (χ1n) is 5.43. The topological polar surface area (TPSA) is 41.6 Å². The fourth-order valence-electron chi connectivity index (χ4n) is 1.78. The number of halogens is 1. The quantitative estimate of drug-likeness (QED) is 0.914. The summed E-state index contributed by atoms with van der Waals surface area (Å²) in [5.74, 6) is 2.46. The second-order valence-corrected chi connectivity index (χ2v) is 5.09. The van der Waals surface area contributed by atoms with Gasteiger partial charge in [0, 0.05) is 16.0 Å². The summed E-state index contributed by atoms with van der Waals surface area (Å²) in [6.07, 6.45) is 2.48. The number of hydrogen-bond acceptors (Lipinski definition) is 2. The number of hydrogen-bond donors (Lipinski definition) is 1. The van der Waals surface area contributed by atoms with Crippen molar-refractivity contribution in [3.63, 3.8) is 0 Å². The molecule has 0 radical (unpaired) electrons. The van der Waals surface area contributed by atoms with Gasteiger partial charge in [-0.1, -0.05) is 28.1 Å². The summed E-state index contributed by atoms with van der Waals surface area (Å²) in [5.41, 5.74) is 2.28. The van der Waals surface area contributed by atoms with Crippen molar-refractivity contribution >= 4 is 15.9 Å². The number of rotatable bonds is 2. The van der Waals surface area contributed by atoms with Gasteiger partial charge in [0.2, 0.25) is 0 Å². The summed E-state index contributed by atoms with van der Waals surface area (Å²) >= 11 is 3.53. The molecule has 0 atom stereocenters. The molecule has 1 aliphatic rings. The Morgan fingerprint density at radius 2 is 2.19 bits per heavy atom. The standard InChI is InChI=1S/C12H12BrN3/c1-7-9(3-2-4-10(7)13)12-14-11(15-16-12)8-5-6-8/h2-4,8H,5-6H2,1H3,(H,14,15,16). The summed E-state index contributed by atoms with van der Waals surface area (Å²) < 4.78 is 1.10. The largest absolute Gasteiger partial charge is 0.262 e. The molecule has 0 spiro atoms. The van der Waals surface area contributed by atoms with Crippen LogP contribution in [0, 0.1) is 6.92 Å². The highest BCUT2D eigenvalue weighted by Crippen LogP contribution is 2.38. The van der Waals surface area contributed by atoms with E-state index in [4.69, 9.17) is 0 Å². The molecule has 3 rings (SSSR count). The molecule has 2 aromatic rings. The highest BCUT2D eigenvalue weighted by Gasteiger charge is 2.27. The lowest BCUT2D eigenvalue weighted by Gasteiger charge is -2.02. The van der Waals surface area contributed by atoms with Crippen LogP contribution in [0.15, 0.2) is 22.7 Å². The van der Waals surface area contributed by atoms with Crippen LogP contribution in [0.4, 0.5) is 0 Å². The van der Waals surface area contributed by atoms with Crippen LogP contribution >= 0.6 is 15.9 Å². The van der Waals surface area contributed by atoms with E-state index in [1.807, 2.05) is 12.1 Å². The summed E-state index contributed by atoms with van der Waals surface area (Å²) in [7, 11) is 0. The molecular weight excluding hydrogens is 266 g/mol. The predicted molar refractivity (Wildman–Crippen MR) is 66.2 cm³/mol. The molecule has 1 heterocycles. The fourth-order valence-corrected chi connectivity index (χ4v) is 2.15. The van der Waals surface area contributed by atoms with Crippen molar-refractivity contribution in [2.24, 2.45) is 0 Å². The molecule has 4 heteroatoms. The second-order valence-electron chi connectivity index (χ2n) is 4.23. The highest BCUT2D eigenvalue weighted by atomic mass is 79.9. The van der Waals surface area contributed by atoms with Crippen LogP contribution in [-0.4, -0.2) is 15.2 Å². The van der Waals surface area contributed by atoms with Gasteiger partial charge in [0.15, 0.2) is 5.82 Å². The number of aromatic amines is 1. The maximum Gasteiger partial charge on any atom is 0.181 e. The zero-order chi connectivity index (χ0) is 11.1. The third kappa shape index (κ3) is 1.67. The van der Waals surface area contributed by atoms with Crippen molar-refractivity contribution in [2.75, 3.05) is 0 Å². The molecule has 1 fully saturated rings. The lowest BCUT2D eigenvalue weighted by Crippen LogP contribution is -1.87. The van der Waals surface area contributed by atoms with Crippen LogP contribution in [0.25, 0.3) is 11.4 Å². The summed E-state index contributed by atoms with van der Waals surface area (Å²) in [6, 6.07) is 6.10. The van der Waals surface area contributed by atoms with Crippen molar-refractivity contribution < 1.29 is 0 Å². The Morgan fingerprint density at radius 1 is 1.38 bits per heavy atom. The average Bonchev–Trinajstić information content (AvgIpc) is 3.02. The van der Waals surface area contributed by atoms with E-state index in [-0.39, 0.29) is 0 Å². The molecule has 1 aromatic heterocycles. The van der Waals surface area contributed by atoms with E-state index >= 15 is 0 Å². The zero-order valence-corrected chi connectivity index (χ0v) is 10.6. The maximum absolute atomic E-state index is 4.56. The molecule has 3 nitrogen and oxygen atoms in total. The molecule has 0 aliphatic heterocycles. The second kappa shape index (κ2) is 3.70. The van der Waals surface area contributed by atoms with Gasteiger partial charge < -0.3 is 0 Å². The van der Waals surface area contributed by atoms with Gasteiger partial charge in [0.25, 0.3) is 0 Å². The number of H-pyrrole nitrogens is 1. The highest BCUT2D eigenvalue weighted by molar-refractivity contribution is 9.10. The number of aromatic nitrogens is 3. The molecule has 1 N–H and O–H groups in total. The van der Waals surface area contributed by atoms with Gasteiger partial charge in [0.05, 0.1) is 0 Å². The Kier molecular flexibility index (Phi) is 2.32. The normalized spacial score (nSPS) is 15.4. The van der Waals surface area contributed by atoms with Crippen LogP contribution in [0.1, 0.15) is 30.1 Å². The van der Waals surface area contributed by atoms with Crippen molar-refractivity contribution in [2.45, 2.75) is 25.7 Å². The minimum absolute atomic E-state index is 0.619. The lowest BCUT2D eigenvalue weighted by atomic mass is 10.1. The first kappa shape index (κ1) is 10.0. The first-order valence-corrected chi connectivity index (χ1v) is 6.23. The Morgan fingerprint density at radius 3 is 2.94 bits per heavy atom. The Bertz CT molecular complexity index is 529. The fraction of sp³-hybridized carbons (Fsp3) is 0.333. The molecule has 0 unspecified atom stereocenters. The van der Waals surface area contributed by atoms with Crippen LogP contribution in [0.5, 0.6) is 0 Å². The third-order valence-corrected chi connectivity index (χ3v) is 3.83. The summed E-state index contributed by atoms with van der Waals surface area (Å²) in [6.45, 7) is 2.08. The van der Waals surface area contributed by atoms with Crippen LogP contribution in [0.3, 0.4) is 0 Å². The molecular formula is C12H12BrN3. The van der Waals surface area contributed by atoms with E-state index in [1.54, 1.807) is 0 Å². The molecule has 1 aliphatic carbocycles. The number of benzene rings is 1.